The molecule has 148 valence electrons. The molecule has 0 aliphatic carbocycles. The average molecular weight is 398 g/mol. The van der Waals surface area contributed by atoms with Crippen molar-refractivity contribution in [2.45, 2.75) is 49.5 Å². The van der Waals surface area contributed by atoms with Crippen molar-refractivity contribution in [2.24, 2.45) is 0 Å². The number of hydrogen-bond acceptors (Lipinski definition) is 3. The Hall–Kier alpha value is -1.60. The van der Waals surface area contributed by atoms with Crippen molar-refractivity contribution < 1.29 is 62.9 Å². The second kappa shape index (κ2) is 5.99. The molecule has 0 radical (unpaired) electrons. The third kappa shape index (κ3) is 3.40. The fraction of sp³-hybridized carbons (Fsp3) is 0.727. The van der Waals surface area contributed by atoms with Crippen LogP contribution in [0.1, 0.15) is 13.8 Å². The molecule has 0 bridgehead atoms. The highest BCUT2D eigenvalue weighted by Gasteiger charge is 2.90. The minimum atomic E-state index is -7.31. The molecule has 0 aromatic rings. The van der Waals surface area contributed by atoms with E-state index in [2.05, 4.69) is 11.3 Å². The quantitative estimate of drug-likeness (QED) is 0.444. The van der Waals surface area contributed by atoms with Gasteiger partial charge in [0, 0.05) is 5.57 Å². The molecule has 0 aromatic carbocycles. The predicted molar refractivity (Wildman–Crippen MR) is 57.4 cm³/mol. The molecule has 0 heterocycles. The van der Waals surface area contributed by atoms with E-state index in [4.69, 9.17) is 5.11 Å². The lowest BCUT2D eigenvalue weighted by Gasteiger charge is -2.46. The Morgan fingerprint density at radius 3 is 1.36 bits per heavy atom. The monoisotopic (exact) mass is 398 g/mol. The number of aliphatic hydroxyl groups is 1. The molecular formula is C11H9F11O3. The van der Waals surface area contributed by atoms with Gasteiger partial charge in [-0.15, -0.1) is 0 Å². The summed E-state index contributed by atoms with van der Waals surface area (Å²) in [5.41, 5.74) is -13.9. The summed E-state index contributed by atoms with van der Waals surface area (Å²) in [5.74, 6) is -9.48. The van der Waals surface area contributed by atoms with Gasteiger partial charge in [-0.1, -0.05) is 6.58 Å². The number of alkyl halides is 11. The van der Waals surface area contributed by atoms with Crippen LogP contribution < -0.4 is 0 Å². The average Bonchev–Trinajstić information content (AvgIpc) is 2.32. The molecule has 0 fully saturated rings. The van der Waals surface area contributed by atoms with Crippen LogP contribution in [-0.4, -0.2) is 46.7 Å². The van der Waals surface area contributed by atoms with Gasteiger partial charge in [-0.2, -0.15) is 48.3 Å². The van der Waals surface area contributed by atoms with Crippen molar-refractivity contribution in [3.8, 4) is 0 Å². The number of esters is 1. The third-order valence-corrected chi connectivity index (χ3v) is 3.06. The Morgan fingerprint density at radius 1 is 0.840 bits per heavy atom. The number of hydrogen-bond donors (Lipinski definition) is 1. The number of carbonyl (C=O) groups excluding carboxylic acids is 1. The SMILES string of the molecule is C=C(C)C(=O)OC(C)(C(F)(F)F)C(F)(F)C(O)(C(F)(F)F)C(F)(F)F. The summed E-state index contributed by atoms with van der Waals surface area (Å²) in [5, 5.41) is 8.65. The molecule has 0 amide bonds. The van der Waals surface area contributed by atoms with E-state index in [1.807, 2.05) is 0 Å². The molecule has 1 unspecified atom stereocenters. The maximum Gasteiger partial charge on any atom is 0.434 e. The standard InChI is InChI=1S/C11H9F11O3/c1-4(2)5(23)25-6(3,9(14,15)16)8(12,13)7(24,10(17,18)19)11(20,21)22/h24H,1H2,2-3H3. The normalized spacial score (nSPS) is 17.0. The Labute approximate surface area is 132 Å². The summed E-state index contributed by atoms with van der Waals surface area (Å²) in [7, 11) is 0. The number of rotatable bonds is 4. The Bertz CT molecular complexity index is 529. The van der Waals surface area contributed by atoms with Gasteiger partial charge in [0.15, 0.2) is 0 Å². The van der Waals surface area contributed by atoms with Gasteiger partial charge in [0.2, 0.25) is 0 Å². The highest BCUT2D eigenvalue weighted by molar-refractivity contribution is 5.87. The van der Waals surface area contributed by atoms with Gasteiger partial charge in [-0.05, 0) is 13.8 Å². The van der Waals surface area contributed by atoms with Gasteiger partial charge in [0.05, 0.1) is 0 Å². The molecule has 25 heavy (non-hydrogen) atoms. The second-order valence-corrected chi connectivity index (χ2v) is 4.98. The molecule has 0 saturated carbocycles. The number of ether oxygens (including phenoxy) is 1. The first-order valence-electron chi connectivity index (χ1n) is 5.77. The van der Waals surface area contributed by atoms with Gasteiger partial charge in [-0.3, -0.25) is 0 Å². The minimum Gasteiger partial charge on any atom is -0.440 e. The highest BCUT2D eigenvalue weighted by Crippen LogP contribution is 2.59. The fourth-order valence-electron chi connectivity index (χ4n) is 1.43. The zero-order chi connectivity index (χ0) is 20.9. The van der Waals surface area contributed by atoms with E-state index in [-0.39, 0.29) is 0 Å². The van der Waals surface area contributed by atoms with Crippen LogP contribution in [0.5, 0.6) is 0 Å². The van der Waals surface area contributed by atoms with E-state index in [0.717, 1.165) is 0 Å². The zero-order valence-corrected chi connectivity index (χ0v) is 12.1. The van der Waals surface area contributed by atoms with Gasteiger partial charge in [-0.25, -0.2) is 4.79 Å². The van der Waals surface area contributed by atoms with E-state index in [1.54, 1.807) is 0 Å². The Kier molecular flexibility index (Phi) is 5.60. The lowest BCUT2D eigenvalue weighted by atomic mass is 9.81. The van der Waals surface area contributed by atoms with E-state index in [0.29, 0.717) is 6.92 Å². The smallest absolute Gasteiger partial charge is 0.434 e. The van der Waals surface area contributed by atoms with Gasteiger partial charge in [0.1, 0.15) is 0 Å². The van der Waals surface area contributed by atoms with E-state index in [9.17, 15) is 53.1 Å². The second-order valence-electron chi connectivity index (χ2n) is 4.98. The minimum absolute atomic E-state index is 0.594. The fourth-order valence-corrected chi connectivity index (χ4v) is 1.43. The molecule has 0 spiro atoms. The summed E-state index contributed by atoms with van der Waals surface area (Å²) < 4.78 is 145. The maximum absolute atomic E-state index is 13.9. The van der Waals surface area contributed by atoms with Crippen LogP contribution in [0.3, 0.4) is 0 Å². The molecular weight excluding hydrogens is 389 g/mol. The van der Waals surface area contributed by atoms with Crippen LogP contribution in [0.15, 0.2) is 12.2 Å². The molecule has 0 saturated heterocycles. The van der Waals surface area contributed by atoms with Crippen molar-refractivity contribution in [2.75, 3.05) is 0 Å². The lowest BCUT2D eigenvalue weighted by molar-refractivity contribution is -0.461. The molecule has 1 N–H and O–H groups in total. The number of halogens is 11. The lowest BCUT2D eigenvalue weighted by Crippen LogP contribution is -2.77. The molecule has 0 aromatic heterocycles. The van der Waals surface area contributed by atoms with Crippen molar-refractivity contribution in [1.29, 1.82) is 0 Å². The zero-order valence-electron chi connectivity index (χ0n) is 12.1. The first-order chi connectivity index (χ1) is 10.6. The largest absolute Gasteiger partial charge is 0.440 e. The van der Waals surface area contributed by atoms with Crippen molar-refractivity contribution in [3.63, 3.8) is 0 Å². The molecule has 14 heteroatoms. The van der Waals surface area contributed by atoms with Gasteiger partial charge >= 0.3 is 36.0 Å². The van der Waals surface area contributed by atoms with Crippen LogP contribution in [0.25, 0.3) is 0 Å². The molecule has 3 nitrogen and oxygen atoms in total. The molecule has 0 aliphatic heterocycles. The molecule has 0 rings (SSSR count). The van der Waals surface area contributed by atoms with E-state index < -0.39 is 54.1 Å². The van der Waals surface area contributed by atoms with Gasteiger partial charge < -0.3 is 9.84 Å². The van der Waals surface area contributed by atoms with E-state index >= 15 is 0 Å². The summed E-state index contributed by atoms with van der Waals surface area (Å²) >= 11 is 0. The van der Waals surface area contributed by atoms with Crippen molar-refractivity contribution >= 4 is 5.97 Å². The summed E-state index contributed by atoms with van der Waals surface area (Å²) in [6.45, 7) is 2.33. The highest BCUT2D eigenvalue weighted by atomic mass is 19.4. The Morgan fingerprint density at radius 2 is 1.16 bits per heavy atom. The Balaban J connectivity index is 6.79. The topological polar surface area (TPSA) is 46.5 Å². The first-order valence-corrected chi connectivity index (χ1v) is 5.77. The van der Waals surface area contributed by atoms with Crippen LogP contribution in [-0.2, 0) is 9.53 Å². The molecule has 1 atom stereocenters. The van der Waals surface area contributed by atoms with Crippen LogP contribution in [0, 0.1) is 0 Å². The van der Waals surface area contributed by atoms with Gasteiger partial charge in [0.25, 0.3) is 5.60 Å². The first kappa shape index (κ1) is 23.4. The van der Waals surface area contributed by atoms with Crippen molar-refractivity contribution in [1.82, 2.24) is 0 Å². The van der Waals surface area contributed by atoms with Crippen LogP contribution in [0.2, 0.25) is 0 Å². The van der Waals surface area contributed by atoms with Crippen LogP contribution in [0.4, 0.5) is 48.3 Å². The maximum atomic E-state index is 13.9. The number of carbonyl (C=O) groups is 1. The predicted octanol–water partition coefficient (Wildman–Crippen LogP) is 3.92. The summed E-state index contributed by atoms with van der Waals surface area (Å²) in [4.78, 5) is 11.1. The third-order valence-electron chi connectivity index (χ3n) is 3.06. The van der Waals surface area contributed by atoms with Crippen LogP contribution >= 0.6 is 0 Å². The van der Waals surface area contributed by atoms with E-state index in [1.165, 1.54) is 0 Å². The summed E-state index contributed by atoms with van der Waals surface area (Å²) in [6, 6.07) is 0. The molecule has 0 aliphatic rings. The summed E-state index contributed by atoms with van der Waals surface area (Å²) in [6.07, 6.45) is -21.3. The van der Waals surface area contributed by atoms with Crippen molar-refractivity contribution in [3.05, 3.63) is 12.2 Å².